The summed E-state index contributed by atoms with van der Waals surface area (Å²) < 4.78 is 0. The van der Waals surface area contributed by atoms with E-state index in [9.17, 15) is 4.79 Å². The van der Waals surface area contributed by atoms with Crippen molar-refractivity contribution in [2.45, 2.75) is 24.5 Å². The normalized spacial score (nSPS) is 36.1. The Bertz CT molecular complexity index is 422. The summed E-state index contributed by atoms with van der Waals surface area (Å²) in [7, 11) is 0. The van der Waals surface area contributed by atoms with E-state index in [4.69, 9.17) is 5.73 Å². The lowest BCUT2D eigenvalue weighted by atomic mass is 9.88. The van der Waals surface area contributed by atoms with Gasteiger partial charge in [-0.25, -0.2) is 0 Å². The van der Waals surface area contributed by atoms with Crippen LogP contribution in [0.15, 0.2) is 35.5 Å². The van der Waals surface area contributed by atoms with Gasteiger partial charge in [-0.2, -0.15) is 0 Å². The van der Waals surface area contributed by atoms with Crippen molar-refractivity contribution in [1.29, 1.82) is 0 Å². The topological polar surface area (TPSA) is 67.2 Å². The van der Waals surface area contributed by atoms with Crippen LogP contribution in [0.1, 0.15) is 6.42 Å². The van der Waals surface area contributed by atoms with Gasteiger partial charge in [0.25, 0.3) is 0 Å². The molecule has 0 aromatic rings. The molecule has 0 bridgehead atoms. The Morgan fingerprint density at radius 2 is 2.38 bits per heavy atom. The highest BCUT2D eigenvalue weighted by Crippen LogP contribution is 2.27. The third-order valence-electron chi connectivity index (χ3n) is 3.50. The molecule has 0 spiro atoms. The maximum absolute atomic E-state index is 11.3. The number of nitrogens with one attached hydrogen (secondary N) is 2. The minimum Gasteiger partial charge on any atom is -0.368 e. The molecule has 4 N–H and O–H groups in total. The molecule has 0 radical (unpaired) electrons. The van der Waals surface area contributed by atoms with Gasteiger partial charge in [0.05, 0.1) is 6.04 Å². The van der Waals surface area contributed by atoms with E-state index in [2.05, 4.69) is 34.9 Å². The molecule has 0 aromatic carbocycles. The molecule has 1 amide bonds. The molecule has 1 saturated heterocycles. The number of fused-ring (bicyclic) bond motifs is 2. The highest BCUT2D eigenvalue weighted by molar-refractivity contribution is 5.82. The van der Waals surface area contributed by atoms with Gasteiger partial charge < -0.3 is 16.4 Å². The van der Waals surface area contributed by atoms with Crippen LogP contribution in [0.4, 0.5) is 0 Å². The summed E-state index contributed by atoms with van der Waals surface area (Å²) in [4.78, 5) is 11.3. The van der Waals surface area contributed by atoms with E-state index in [1.807, 2.05) is 0 Å². The highest BCUT2D eigenvalue weighted by atomic mass is 16.1. The smallest absolute Gasteiger partial charge is 0.236 e. The Morgan fingerprint density at radius 1 is 1.50 bits per heavy atom. The van der Waals surface area contributed by atoms with Gasteiger partial charge in [0.1, 0.15) is 6.04 Å². The second kappa shape index (κ2) is 3.57. The van der Waals surface area contributed by atoms with Crippen molar-refractivity contribution in [3.05, 3.63) is 35.5 Å². The second-order valence-electron chi connectivity index (χ2n) is 4.51. The largest absolute Gasteiger partial charge is 0.368 e. The maximum atomic E-state index is 11.3. The Morgan fingerprint density at radius 3 is 3.19 bits per heavy atom. The van der Waals surface area contributed by atoms with Crippen LogP contribution in [-0.4, -0.2) is 30.6 Å². The average molecular weight is 217 g/mol. The zero-order valence-electron chi connectivity index (χ0n) is 8.94. The molecule has 1 fully saturated rings. The van der Waals surface area contributed by atoms with Gasteiger partial charge in [0.2, 0.25) is 5.91 Å². The number of primary amides is 1. The number of allylic oxidation sites excluding steroid dienone is 2. The van der Waals surface area contributed by atoms with Gasteiger partial charge >= 0.3 is 0 Å². The van der Waals surface area contributed by atoms with Crippen LogP contribution in [0.2, 0.25) is 0 Å². The Balaban J connectivity index is 1.92. The number of carbonyl (C=O) groups is 1. The summed E-state index contributed by atoms with van der Waals surface area (Å²) in [6.07, 6.45) is 9.53. The minimum atomic E-state index is -0.278. The number of amides is 1. The van der Waals surface area contributed by atoms with Crippen molar-refractivity contribution in [3.8, 4) is 0 Å². The molecule has 0 aromatic heterocycles. The molecule has 2 heterocycles. The van der Waals surface area contributed by atoms with Crippen molar-refractivity contribution in [3.63, 3.8) is 0 Å². The van der Waals surface area contributed by atoms with Gasteiger partial charge in [-0.05, 0) is 17.6 Å². The molecule has 3 aliphatic rings. The first-order valence-corrected chi connectivity index (χ1v) is 5.61. The molecule has 3 atom stereocenters. The Kier molecular flexibility index (Phi) is 2.19. The molecule has 4 heteroatoms. The fourth-order valence-corrected chi connectivity index (χ4v) is 2.67. The summed E-state index contributed by atoms with van der Waals surface area (Å²) >= 11 is 0. The number of rotatable bonds is 1. The lowest BCUT2D eigenvalue weighted by Crippen LogP contribution is -2.53. The summed E-state index contributed by atoms with van der Waals surface area (Å²) in [5.74, 6) is -0.278. The molecule has 16 heavy (non-hydrogen) atoms. The number of carbonyl (C=O) groups excluding carboxylic acids is 1. The van der Waals surface area contributed by atoms with Crippen LogP contribution in [0.25, 0.3) is 0 Å². The maximum Gasteiger partial charge on any atom is 0.236 e. The van der Waals surface area contributed by atoms with E-state index in [-0.39, 0.29) is 18.0 Å². The van der Waals surface area contributed by atoms with Gasteiger partial charge in [-0.3, -0.25) is 4.79 Å². The molecular weight excluding hydrogens is 202 g/mol. The lowest BCUT2D eigenvalue weighted by molar-refractivity contribution is -0.120. The average Bonchev–Trinajstić information content (AvgIpc) is 2.68. The van der Waals surface area contributed by atoms with Crippen molar-refractivity contribution >= 4 is 5.91 Å². The van der Waals surface area contributed by atoms with E-state index in [0.29, 0.717) is 6.04 Å². The third kappa shape index (κ3) is 1.42. The van der Waals surface area contributed by atoms with E-state index in [0.717, 1.165) is 13.0 Å². The van der Waals surface area contributed by atoms with Crippen LogP contribution in [0.3, 0.4) is 0 Å². The van der Waals surface area contributed by atoms with Crippen LogP contribution in [0, 0.1) is 0 Å². The first-order valence-electron chi connectivity index (χ1n) is 5.61. The second-order valence-corrected chi connectivity index (χ2v) is 4.51. The molecule has 3 unspecified atom stereocenters. The van der Waals surface area contributed by atoms with Gasteiger partial charge in [-0.1, -0.05) is 24.3 Å². The Hall–Kier alpha value is -1.39. The van der Waals surface area contributed by atoms with Gasteiger partial charge in [-0.15, -0.1) is 0 Å². The standard InChI is InChI=1S/C12H15N3O/c13-12(16)11-10-8(6-14-11)5-7-3-1-2-4-9(7)15-10/h1-3,5,9-11,14-15H,4,6H2,(H2,13,16). The SMILES string of the molecule is NC(=O)C1NCC2=CC3=CC=CCC3NC21. The molecule has 84 valence electrons. The molecule has 2 aliphatic heterocycles. The molecule has 1 aliphatic carbocycles. The Labute approximate surface area is 94.3 Å². The van der Waals surface area contributed by atoms with Crippen LogP contribution in [-0.2, 0) is 4.79 Å². The summed E-state index contributed by atoms with van der Waals surface area (Å²) in [5.41, 5.74) is 7.92. The first kappa shape index (κ1) is 9.81. The summed E-state index contributed by atoms with van der Waals surface area (Å²) in [6, 6.07) is 0.144. The predicted molar refractivity (Wildman–Crippen MR) is 61.6 cm³/mol. The molecule has 4 nitrogen and oxygen atoms in total. The van der Waals surface area contributed by atoms with Crippen molar-refractivity contribution < 1.29 is 4.79 Å². The van der Waals surface area contributed by atoms with E-state index >= 15 is 0 Å². The summed E-state index contributed by atoms with van der Waals surface area (Å²) in [5, 5.41) is 6.65. The number of nitrogens with two attached hydrogens (primary N) is 1. The van der Waals surface area contributed by atoms with E-state index in [1.165, 1.54) is 11.1 Å². The predicted octanol–water partition coefficient (Wildman–Crippen LogP) is -0.403. The van der Waals surface area contributed by atoms with Crippen LogP contribution >= 0.6 is 0 Å². The third-order valence-corrected chi connectivity index (χ3v) is 3.50. The highest BCUT2D eigenvalue weighted by Gasteiger charge is 2.39. The first-order chi connectivity index (χ1) is 7.75. The van der Waals surface area contributed by atoms with Gasteiger partial charge in [0, 0.05) is 12.6 Å². The van der Waals surface area contributed by atoms with Crippen LogP contribution in [0.5, 0.6) is 0 Å². The van der Waals surface area contributed by atoms with E-state index in [1.54, 1.807) is 0 Å². The number of hydrogen-bond donors (Lipinski definition) is 3. The zero-order valence-corrected chi connectivity index (χ0v) is 8.94. The van der Waals surface area contributed by atoms with Gasteiger partial charge in [0.15, 0.2) is 0 Å². The van der Waals surface area contributed by atoms with Crippen molar-refractivity contribution in [1.82, 2.24) is 10.6 Å². The molecule has 0 saturated carbocycles. The van der Waals surface area contributed by atoms with Crippen molar-refractivity contribution in [2.75, 3.05) is 6.54 Å². The lowest BCUT2D eigenvalue weighted by Gasteiger charge is -2.32. The minimum absolute atomic E-state index is 0.0751. The van der Waals surface area contributed by atoms with Crippen LogP contribution < -0.4 is 16.4 Å². The number of hydrogen-bond acceptors (Lipinski definition) is 3. The van der Waals surface area contributed by atoms with E-state index < -0.39 is 0 Å². The molecule has 3 rings (SSSR count). The van der Waals surface area contributed by atoms with Crippen molar-refractivity contribution in [2.24, 2.45) is 5.73 Å². The summed E-state index contributed by atoms with van der Waals surface area (Å²) in [6.45, 7) is 0.749. The monoisotopic (exact) mass is 217 g/mol. The molecular formula is C12H15N3O. The fraction of sp³-hybridized carbons (Fsp3) is 0.417. The quantitative estimate of drug-likeness (QED) is 0.559. The zero-order chi connectivity index (χ0) is 11.1. The fourth-order valence-electron chi connectivity index (χ4n) is 2.67.